The Balaban J connectivity index is 1.76. The van der Waals surface area contributed by atoms with E-state index in [0.717, 1.165) is 5.69 Å². The molecule has 0 aliphatic carbocycles. The van der Waals surface area contributed by atoms with Crippen LogP contribution < -0.4 is 10.3 Å². The number of benzene rings is 1. The molecule has 1 aromatic carbocycles. The first-order valence-corrected chi connectivity index (χ1v) is 9.70. The van der Waals surface area contributed by atoms with Crippen molar-refractivity contribution in [2.45, 2.75) is 24.3 Å². The molecule has 1 unspecified atom stereocenters. The second-order valence-corrected chi connectivity index (χ2v) is 8.37. The number of hydrogen-bond donors (Lipinski definition) is 0. The largest absolute Gasteiger partial charge is 0.489 e. The van der Waals surface area contributed by atoms with Crippen LogP contribution in [0.4, 0.5) is 0 Å². The maximum atomic E-state index is 12.7. The Kier molecular flexibility index (Phi) is 4.90. The molecule has 0 radical (unpaired) electrons. The van der Waals surface area contributed by atoms with Crippen molar-refractivity contribution in [2.75, 3.05) is 13.1 Å². The number of aromatic nitrogens is 1. The smallest absolute Gasteiger partial charge is 0.254 e. The molecule has 1 aliphatic heterocycles. The number of pyridine rings is 1. The maximum absolute atomic E-state index is 12.7. The molecule has 1 atom stereocenters. The summed E-state index contributed by atoms with van der Waals surface area (Å²) in [7, 11) is -1.97. The Labute approximate surface area is 151 Å². The van der Waals surface area contributed by atoms with Crippen molar-refractivity contribution in [3.05, 3.63) is 57.5 Å². The maximum Gasteiger partial charge on any atom is 0.254 e. The Bertz CT molecular complexity index is 955. The number of sulfonamides is 1. The van der Waals surface area contributed by atoms with Crippen LogP contribution in [0, 0.1) is 6.92 Å². The minimum Gasteiger partial charge on any atom is -0.489 e. The molecule has 1 fully saturated rings. The summed E-state index contributed by atoms with van der Waals surface area (Å²) in [6.07, 6.45) is 0.251. The van der Waals surface area contributed by atoms with Gasteiger partial charge in [-0.1, -0.05) is 23.7 Å². The minimum absolute atomic E-state index is 0.0988. The Morgan fingerprint density at radius 3 is 2.64 bits per heavy atom. The molecule has 1 saturated heterocycles. The van der Waals surface area contributed by atoms with Gasteiger partial charge in [0.05, 0.1) is 11.6 Å². The van der Waals surface area contributed by atoms with Crippen LogP contribution >= 0.6 is 11.6 Å². The van der Waals surface area contributed by atoms with Crippen molar-refractivity contribution in [1.29, 1.82) is 0 Å². The lowest BCUT2D eigenvalue weighted by molar-refractivity contribution is 0.214. The van der Waals surface area contributed by atoms with E-state index in [4.69, 9.17) is 16.3 Å². The molecule has 2 heterocycles. The summed E-state index contributed by atoms with van der Waals surface area (Å²) in [6, 6.07) is 9.57. The van der Waals surface area contributed by atoms with Crippen molar-refractivity contribution in [1.82, 2.24) is 8.87 Å². The lowest BCUT2D eigenvalue weighted by atomic mass is 10.3. The Hall–Kier alpha value is -1.83. The van der Waals surface area contributed by atoms with Crippen LogP contribution in [0.3, 0.4) is 0 Å². The lowest BCUT2D eigenvalue weighted by Crippen LogP contribution is -2.31. The summed E-state index contributed by atoms with van der Waals surface area (Å²) in [4.78, 5) is 11.9. The summed E-state index contributed by atoms with van der Waals surface area (Å²) < 4.78 is 34.2. The van der Waals surface area contributed by atoms with Crippen LogP contribution in [-0.2, 0) is 17.1 Å². The number of halogens is 1. The van der Waals surface area contributed by atoms with Crippen LogP contribution in [-0.4, -0.2) is 36.5 Å². The van der Waals surface area contributed by atoms with E-state index in [2.05, 4.69) is 0 Å². The summed E-state index contributed by atoms with van der Waals surface area (Å²) in [5.41, 5.74) is 0.620. The van der Waals surface area contributed by atoms with Gasteiger partial charge in [-0.2, -0.15) is 4.31 Å². The predicted octanol–water partition coefficient (Wildman–Crippen LogP) is 2.19. The van der Waals surface area contributed by atoms with Gasteiger partial charge in [-0.25, -0.2) is 8.42 Å². The van der Waals surface area contributed by atoms with Gasteiger partial charge in [-0.3, -0.25) is 4.79 Å². The van der Waals surface area contributed by atoms with Crippen molar-refractivity contribution in [2.24, 2.45) is 7.05 Å². The van der Waals surface area contributed by atoms with E-state index in [1.807, 2.05) is 6.92 Å². The molecule has 0 amide bonds. The van der Waals surface area contributed by atoms with E-state index in [1.165, 1.54) is 21.0 Å². The third kappa shape index (κ3) is 3.58. The highest BCUT2D eigenvalue weighted by molar-refractivity contribution is 7.89. The SMILES string of the molecule is Cc1cc(OC2CCN(S(=O)(=O)c3ccccc3Cl)C2)cc(=O)n1C. The van der Waals surface area contributed by atoms with Gasteiger partial charge in [0.2, 0.25) is 10.0 Å². The topological polar surface area (TPSA) is 68.6 Å². The van der Waals surface area contributed by atoms with E-state index < -0.39 is 10.0 Å². The molecule has 0 saturated carbocycles. The number of rotatable bonds is 4. The molecule has 0 bridgehead atoms. The second-order valence-electron chi connectivity index (χ2n) is 6.05. The van der Waals surface area contributed by atoms with E-state index in [9.17, 15) is 13.2 Å². The fraction of sp³-hybridized carbons (Fsp3) is 0.353. The summed E-state index contributed by atoms with van der Waals surface area (Å²) in [6.45, 7) is 2.39. The molecule has 0 N–H and O–H groups in total. The first kappa shape index (κ1) is 18.0. The van der Waals surface area contributed by atoms with Crippen LogP contribution in [0.15, 0.2) is 46.1 Å². The van der Waals surface area contributed by atoms with Crippen molar-refractivity contribution < 1.29 is 13.2 Å². The van der Waals surface area contributed by atoms with Gasteiger partial charge >= 0.3 is 0 Å². The molecule has 134 valence electrons. The highest BCUT2D eigenvalue weighted by Gasteiger charge is 2.34. The highest BCUT2D eigenvalue weighted by Crippen LogP contribution is 2.28. The number of hydrogen-bond acceptors (Lipinski definition) is 4. The number of ether oxygens (including phenoxy) is 1. The number of nitrogens with zero attached hydrogens (tertiary/aromatic N) is 2. The van der Waals surface area contributed by atoms with Crippen LogP contribution in [0.5, 0.6) is 5.75 Å². The fourth-order valence-corrected chi connectivity index (χ4v) is 4.78. The minimum atomic E-state index is -3.66. The highest BCUT2D eigenvalue weighted by atomic mass is 35.5. The molecular weight excluding hydrogens is 364 g/mol. The molecule has 8 heteroatoms. The van der Waals surface area contributed by atoms with Gasteiger partial charge in [-0.05, 0) is 31.5 Å². The molecule has 2 aromatic rings. The standard InChI is InChI=1S/C17H19ClN2O4S/c1-12-9-14(10-17(21)19(12)2)24-13-7-8-20(11-13)25(22,23)16-6-4-3-5-15(16)18/h3-6,9-10,13H,7-8,11H2,1-2H3. The number of aryl methyl sites for hydroxylation is 1. The third-order valence-corrected chi connectivity index (χ3v) is 6.71. The molecule has 6 nitrogen and oxygen atoms in total. The molecule has 0 spiro atoms. The monoisotopic (exact) mass is 382 g/mol. The molecular formula is C17H19ClN2O4S. The molecule has 1 aliphatic rings. The van der Waals surface area contributed by atoms with Gasteiger partial charge < -0.3 is 9.30 Å². The average Bonchev–Trinajstić information content (AvgIpc) is 3.02. The zero-order chi connectivity index (χ0) is 18.2. The molecule has 25 heavy (non-hydrogen) atoms. The Morgan fingerprint density at radius 1 is 1.24 bits per heavy atom. The van der Waals surface area contributed by atoms with E-state index >= 15 is 0 Å². The van der Waals surface area contributed by atoms with E-state index in [1.54, 1.807) is 31.3 Å². The Morgan fingerprint density at radius 2 is 1.96 bits per heavy atom. The van der Waals surface area contributed by atoms with Gasteiger partial charge in [0.1, 0.15) is 16.7 Å². The van der Waals surface area contributed by atoms with Gasteiger partial charge in [0, 0.05) is 25.4 Å². The molecule has 3 rings (SSSR count). The van der Waals surface area contributed by atoms with Crippen molar-refractivity contribution >= 4 is 21.6 Å². The zero-order valence-electron chi connectivity index (χ0n) is 14.0. The average molecular weight is 383 g/mol. The van der Waals surface area contributed by atoms with Gasteiger partial charge in [0.15, 0.2) is 0 Å². The fourth-order valence-electron chi connectivity index (χ4n) is 2.80. The van der Waals surface area contributed by atoms with Crippen molar-refractivity contribution in [3.8, 4) is 5.75 Å². The zero-order valence-corrected chi connectivity index (χ0v) is 15.5. The summed E-state index contributed by atoms with van der Waals surface area (Å²) in [5, 5.41) is 0.203. The van der Waals surface area contributed by atoms with Crippen LogP contribution in [0.1, 0.15) is 12.1 Å². The van der Waals surface area contributed by atoms with Crippen LogP contribution in [0.2, 0.25) is 5.02 Å². The quantitative estimate of drug-likeness (QED) is 0.812. The van der Waals surface area contributed by atoms with Crippen molar-refractivity contribution in [3.63, 3.8) is 0 Å². The van der Waals surface area contributed by atoms with E-state index in [-0.39, 0.29) is 28.1 Å². The lowest BCUT2D eigenvalue weighted by Gasteiger charge is -2.18. The summed E-state index contributed by atoms with van der Waals surface area (Å²) in [5.74, 6) is 0.461. The third-order valence-electron chi connectivity index (χ3n) is 4.34. The van der Waals surface area contributed by atoms with Crippen LogP contribution in [0.25, 0.3) is 0 Å². The first-order chi connectivity index (χ1) is 11.8. The first-order valence-electron chi connectivity index (χ1n) is 7.88. The summed E-state index contributed by atoms with van der Waals surface area (Å²) >= 11 is 6.03. The normalized spacial score (nSPS) is 18.4. The van der Waals surface area contributed by atoms with E-state index in [0.29, 0.717) is 18.7 Å². The molecule has 1 aromatic heterocycles. The van der Waals surface area contributed by atoms with Gasteiger partial charge in [-0.15, -0.1) is 0 Å². The predicted molar refractivity (Wildman–Crippen MR) is 95.7 cm³/mol. The second kappa shape index (κ2) is 6.82. The van der Waals surface area contributed by atoms with Gasteiger partial charge in [0.25, 0.3) is 5.56 Å².